The molecule has 2 unspecified atom stereocenters. The number of nitrogens with zero attached hydrogens (tertiary/aromatic N) is 8. The number of anilines is 2. The molecular formula is C26H26N10O14P2-2. The van der Waals surface area contributed by atoms with Crippen LogP contribution in [0, 0.1) is 24.7 Å². The zero-order chi connectivity index (χ0) is 36.9. The molecule has 3 fully saturated rings. The van der Waals surface area contributed by atoms with Crippen LogP contribution in [-0.4, -0.2) is 112 Å². The molecule has 0 aromatic carbocycles. The molecule has 10 atom stereocenters. The summed E-state index contributed by atoms with van der Waals surface area (Å²) in [6.07, 6.45) is -0.654. The Bertz CT molecular complexity index is 2040. The molecular weight excluding hydrogens is 738 g/mol. The zero-order valence-corrected chi connectivity index (χ0v) is 28.0. The zero-order valence-electron chi connectivity index (χ0n) is 26.2. The topological polar surface area (TPSA) is 334 Å². The summed E-state index contributed by atoms with van der Waals surface area (Å²) in [6.45, 7) is -2.27. The summed E-state index contributed by atoms with van der Waals surface area (Å²) >= 11 is 0. The number of aliphatic hydroxyl groups excluding tert-OH is 2. The standard InChI is InChI=1S/C26H28N10O14P2/c1-3-5-43-21-13-19(31-25(27)33-21)35(9-29-13)23-15(37)17-11(47-23)7-45-52(41,42)50-18-12(8-46-51(39,40)49-17)48-24(16(18)38)36-10-30-14-20(36)32-26(28)34-22(14)44-6-4-2/h1-2,9-12,15-18,23-24,37-38H,5-8H2,(H,39,40)(H,41,42)(H2,27,31,33)(H2,28,32,34)/p-2/t11-,12-,15-,16-,17-,18-,23-,24-/m1/s1. The third-order valence-corrected chi connectivity index (χ3v) is 9.79. The van der Waals surface area contributed by atoms with E-state index in [0.29, 0.717) is 0 Å². The Kier molecular flexibility index (Phi) is 9.51. The molecule has 0 spiro atoms. The predicted octanol–water partition coefficient (Wildman–Crippen LogP) is -2.87. The lowest BCUT2D eigenvalue weighted by Gasteiger charge is -2.34. The number of rotatable bonds is 6. The monoisotopic (exact) mass is 764 g/mol. The van der Waals surface area contributed by atoms with E-state index in [1.165, 1.54) is 0 Å². The van der Waals surface area contributed by atoms with Crippen LogP contribution in [0.2, 0.25) is 0 Å². The van der Waals surface area contributed by atoms with Gasteiger partial charge in [-0.3, -0.25) is 18.3 Å². The first-order chi connectivity index (χ1) is 24.8. The van der Waals surface area contributed by atoms with Gasteiger partial charge >= 0.3 is 0 Å². The van der Waals surface area contributed by atoms with Crippen molar-refractivity contribution in [3.8, 4) is 36.4 Å². The van der Waals surface area contributed by atoms with E-state index in [9.17, 15) is 29.1 Å². The summed E-state index contributed by atoms with van der Waals surface area (Å²) in [4.78, 5) is 50.7. The average molecular weight is 764 g/mol. The van der Waals surface area contributed by atoms with E-state index >= 15 is 0 Å². The fourth-order valence-corrected chi connectivity index (χ4v) is 7.62. The SMILES string of the molecule is C#CCOc1nc(N)nc2c1ncn2[C@@H]1O[C@@H]2COP(=O)([O-])O[C@H]3[C@@H](O)[C@H](n4cnc5c(OCC#C)nc(N)nc54)O[C@@H]3COP(=O)([O-])O[C@H]2[C@H]1O. The van der Waals surface area contributed by atoms with Gasteiger partial charge in [-0.05, 0) is 0 Å². The van der Waals surface area contributed by atoms with Crippen LogP contribution in [0.4, 0.5) is 11.9 Å². The lowest BCUT2D eigenvalue weighted by atomic mass is 10.1. The van der Waals surface area contributed by atoms with Gasteiger partial charge in [0.1, 0.15) is 36.6 Å². The van der Waals surface area contributed by atoms with Gasteiger partial charge in [0.05, 0.1) is 25.9 Å². The molecule has 0 aliphatic carbocycles. The van der Waals surface area contributed by atoms with Crippen LogP contribution < -0.4 is 30.7 Å². The normalized spacial score (nSPS) is 33.7. The molecule has 7 heterocycles. The first-order valence-corrected chi connectivity index (χ1v) is 17.8. The van der Waals surface area contributed by atoms with Crippen LogP contribution in [0.1, 0.15) is 12.5 Å². The number of terminal acetylenes is 2. The molecule has 276 valence electrons. The Hall–Kier alpha value is -4.52. The average Bonchev–Trinajstić information content (AvgIpc) is 3.85. The van der Waals surface area contributed by atoms with Crippen LogP contribution in [0.3, 0.4) is 0 Å². The van der Waals surface area contributed by atoms with Crippen LogP contribution in [-0.2, 0) is 36.7 Å². The number of aliphatic hydroxyl groups is 2. The highest BCUT2D eigenvalue weighted by Gasteiger charge is 2.51. The second-order valence-electron chi connectivity index (χ2n) is 11.1. The molecule has 0 bridgehead atoms. The Morgan fingerprint density at radius 2 is 1.19 bits per heavy atom. The largest absolute Gasteiger partial charge is 0.756 e. The van der Waals surface area contributed by atoms with E-state index in [2.05, 4.69) is 41.7 Å². The van der Waals surface area contributed by atoms with Gasteiger partial charge in [0.15, 0.2) is 48.0 Å². The summed E-state index contributed by atoms with van der Waals surface area (Å²) in [7, 11) is -10.8. The van der Waals surface area contributed by atoms with Gasteiger partial charge in [0.25, 0.3) is 15.6 Å². The number of nitrogen functional groups attached to an aromatic ring is 2. The quantitative estimate of drug-likeness (QED) is 0.113. The van der Waals surface area contributed by atoms with Crippen LogP contribution in [0.25, 0.3) is 22.3 Å². The molecule has 24 nitrogen and oxygen atoms in total. The van der Waals surface area contributed by atoms with Crippen molar-refractivity contribution in [2.45, 2.75) is 49.1 Å². The van der Waals surface area contributed by atoms with Crippen molar-refractivity contribution >= 4 is 49.9 Å². The highest BCUT2D eigenvalue weighted by Crippen LogP contribution is 2.51. The maximum atomic E-state index is 13.2. The fraction of sp³-hybridized carbons (Fsp3) is 0.462. The summed E-state index contributed by atoms with van der Waals surface area (Å²) in [5.74, 6) is 3.82. The lowest BCUT2D eigenvalue weighted by Crippen LogP contribution is -2.41. The number of nitrogens with two attached hydrogens (primary N) is 2. The number of aromatic nitrogens is 8. The smallest absolute Gasteiger partial charge is 0.268 e. The van der Waals surface area contributed by atoms with Gasteiger partial charge < -0.3 is 68.5 Å². The van der Waals surface area contributed by atoms with Crippen molar-refractivity contribution in [2.24, 2.45) is 0 Å². The number of hydrogen-bond acceptors (Lipinski definition) is 22. The molecule has 0 saturated carbocycles. The second kappa shape index (κ2) is 13.8. The molecule has 3 aliphatic rings. The second-order valence-corrected chi connectivity index (χ2v) is 13.9. The van der Waals surface area contributed by atoms with E-state index in [1.54, 1.807) is 0 Å². The number of phosphoric acid groups is 2. The third-order valence-electron chi connectivity index (χ3n) is 7.86. The van der Waals surface area contributed by atoms with Crippen molar-refractivity contribution < 1.29 is 66.2 Å². The van der Waals surface area contributed by atoms with Gasteiger partial charge in [-0.1, -0.05) is 11.8 Å². The van der Waals surface area contributed by atoms with E-state index < -0.39 is 77.9 Å². The van der Waals surface area contributed by atoms with Gasteiger partial charge in [-0.15, -0.1) is 12.8 Å². The van der Waals surface area contributed by atoms with Crippen LogP contribution >= 0.6 is 15.6 Å². The number of phosphoric ester groups is 2. The van der Waals surface area contributed by atoms with Crippen LogP contribution in [0.15, 0.2) is 12.7 Å². The van der Waals surface area contributed by atoms with E-state index in [0.717, 1.165) is 21.8 Å². The molecule has 3 saturated heterocycles. The maximum Gasteiger partial charge on any atom is 0.268 e. The molecule has 4 aromatic heterocycles. The Morgan fingerprint density at radius 3 is 1.58 bits per heavy atom. The maximum absolute atomic E-state index is 13.2. The van der Waals surface area contributed by atoms with E-state index in [-0.39, 0.29) is 59.2 Å². The lowest BCUT2D eigenvalue weighted by molar-refractivity contribution is -0.244. The summed E-state index contributed by atoms with van der Waals surface area (Å²) < 4.78 is 71.5. The summed E-state index contributed by atoms with van der Waals surface area (Å²) in [5.41, 5.74) is 11.7. The van der Waals surface area contributed by atoms with Gasteiger partial charge in [0.2, 0.25) is 23.7 Å². The van der Waals surface area contributed by atoms with Crippen molar-refractivity contribution in [3.63, 3.8) is 0 Å². The third kappa shape index (κ3) is 6.75. The van der Waals surface area contributed by atoms with E-state index in [1.807, 2.05) is 0 Å². The van der Waals surface area contributed by atoms with Gasteiger partial charge in [-0.2, -0.15) is 19.9 Å². The first-order valence-electron chi connectivity index (χ1n) is 14.9. The number of imidazole rings is 2. The van der Waals surface area contributed by atoms with Crippen LogP contribution in [0.5, 0.6) is 11.8 Å². The highest BCUT2D eigenvalue weighted by molar-refractivity contribution is 7.46. The molecule has 0 radical (unpaired) electrons. The minimum absolute atomic E-state index is 0.0224. The summed E-state index contributed by atoms with van der Waals surface area (Å²) in [6, 6.07) is 0. The Morgan fingerprint density at radius 1 is 0.788 bits per heavy atom. The highest BCUT2D eigenvalue weighted by atomic mass is 31.2. The molecule has 6 N–H and O–H groups in total. The molecule has 4 aromatic rings. The minimum Gasteiger partial charge on any atom is -0.756 e. The molecule has 3 aliphatic heterocycles. The molecule has 7 rings (SSSR count). The molecule has 0 amide bonds. The summed E-state index contributed by atoms with van der Waals surface area (Å²) in [5, 5.41) is 22.6. The molecule has 26 heteroatoms. The number of hydrogen-bond donors (Lipinski definition) is 4. The van der Waals surface area contributed by atoms with Gasteiger partial charge in [0, 0.05) is 0 Å². The Labute approximate surface area is 291 Å². The molecule has 52 heavy (non-hydrogen) atoms. The van der Waals surface area contributed by atoms with Gasteiger partial charge in [-0.25, -0.2) is 9.97 Å². The van der Waals surface area contributed by atoms with Crippen molar-refractivity contribution in [1.82, 2.24) is 39.0 Å². The van der Waals surface area contributed by atoms with Crippen molar-refractivity contribution in [1.29, 1.82) is 0 Å². The Balaban J connectivity index is 1.15. The predicted molar refractivity (Wildman–Crippen MR) is 165 cm³/mol. The number of ether oxygens (including phenoxy) is 4. The minimum atomic E-state index is -5.38. The van der Waals surface area contributed by atoms with Crippen molar-refractivity contribution in [2.75, 3.05) is 37.9 Å². The van der Waals surface area contributed by atoms with Crippen molar-refractivity contribution in [3.05, 3.63) is 12.7 Å². The fourth-order valence-electron chi connectivity index (χ4n) is 5.72. The van der Waals surface area contributed by atoms with E-state index in [4.69, 9.17) is 61.4 Å². The first kappa shape index (κ1) is 35.9. The number of fused-ring (bicyclic) bond motifs is 4.